The molecular weight excluding hydrogens is 338 g/mol. The van der Waals surface area contributed by atoms with E-state index in [-0.39, 0.29) is 17.7 Å². The number of hydrogen-bond acceptors (Lipinski definition) is 5. The van der Waals surface area contributed by atoms with Crippen molar-refractivity contribution in [2.75, 3.05) is 27.4 Å². The molecule has 0 radical (unpaired) electrons. The summed E-state index contributed by atoms with van der Waals surface area (Å²) in [6, 6.07) is 4.56. The molecule has 1 aliphatic heterocycles. The molecule has 7 heteroatoms. The Labute approximate surface area is 153 Å². The van der Waals surface area contributed by atoms with Crippen LogP contribution in [-0.4, -0.2) is 50.5 Å². The van der Waals surface area contributed by atoms with Crippen LogP contribution < -0.4 is 14.8 Å². The first kappa shape index (κ1) is 20.0. The van der Waals surface area contributed by atoms with E-state index in [1.165, 1.54) is 0 Å². The third kappa shape index (κ3) is 5.11. The molecule has 1 amide bonds. The molecule has 144 valence electrons. The molecule has 0 bridgehead atoms. The van der Waals surface area contributed by atoms with E-state index in [0.717, 1.165) is 18.4 Å². The van der Waals surface area contributed by atoms with Gasteiger partial charge in [-0.25, -0.2) is 4.79 Å². The minimum atomic E-state index is -1.02. The summed E-state index contributed by atoms with van der Waals surface area (Å²) in [6.07, 6.45) is 2.02. The Morgan fingerprint density at radius 3 is 2.62 bits per heavy atom. The molecule has 2 N–H and O–H groups in total. The standard InChI is InChI=1S/C19H27NO6/c1-12(9-13-6-7-15(24-2)16(10-13)25-3)18(21)20-17(19(22)23)14-5-4-8-26-11-14/h6-7,10,12,14,17H,4-5,8-9,11H2,1-3H3,(H,20,21)(H,22,23). The smallest absolute Gasteiger partial charge is 0.326 e. The monoisotopic (exact) mass is 365 g/mol. The quantitative estimate of drug-likeness (QED) is 0.730. The lowest BCUT2D eigenvalue weighted by atomic mass is 9.92. The highest BCUT2D eigenvalue weighted by atomic mass is 16.5. The summed E-state index contributed by atoms with van der Waals surface area (Å²) in [5, 5.41) is 12.2. The zero-order valence-corrected chi connectivity index (χ0v) is 15.5. The molecule has 1 fully saturated rings. The van der Waals surface area contributed by atoms with Crippen LogP contribution in [0, 0.1) is 11.8 Å². The maximum atomic E-state index is 12.5. The van der Waals surface area contributed by atoms with Crippen LogP contribution in [0.15, 0.2) is 18.2 Å². The van der Waals surface area contributed by atoms with E-state index in [9.17, 15) is 14.7 Å². The van der Waals surface area contributed by atoms with E-state index in [2.05, 4.69) is 5.32 Å². The number of hydrogen-bond donors (Lipinski definition) is 2. The van der Waals surface area contributed by atoms with Crippen molar-refractivity contribution in [1.29, 1.82) is 0 Å². The number of rotatable bonds is 8. The number of nitrogens with one attached hydrogen (secondary N) is 1. The fourth-order valence-corrected chi connectivity index (χ4v) is 3.16. The lowest BCUT2D eigenvalue weighted by Gasteiger charge is -2.29. The first-order valence-corrected chi connectivity index (χ1v) is 8.78. The number of carboxylic acids is 1. The average Bonchev–Trinajstić information content (AvgIpc) is 2.66. The van der Waals surface area contributed by atoms with E-state index < -0.39 is 12.0 Å². The molecule has 0 spiro atoms. The van der Waals surface area contributed by atoms with Gasteiger partial charge in [-0.2, -0.15) is 0 Å². The fraction of sp³-hybridized carbons (Fsp3) is 0.579. The Morgan fingerprint density at radius 2 is 2.04 bits per heavy atom. The van der Waals surface area contributed by atoms with Gasteiger partial charge in [0.2, 0.25) is 5.91 Å². The number of amides is 1. The number of carbonyl (C=O) groups is 2. The number of ether oxygens (including phenoxy) is 3. The van der Waals surface area contributed by atoms with Crippen LogP contribution in [0.1, 0.15) is 25.3 Å². The highest BCUT2D eigenvalue weighted by molar-refractivity contribution is 5.85. The first-order chi connectivity index (χ1) is 12.5. The van der Waals surface area contributed by atoms with Gasteiger partial charge in [-0.05, 0) is 37.0 Å². The van der Waals surface area contributed by atoms with Crippen molar-refractivity contribution in [3.8, 4) is 11.5 Å². The average molecular weight is 365 g/mol. The first-order valence-electron chi connectivity index (χ1n) is 8.78. The molecule has 1 aromatic carbocycles. The van der Waals surface area contributed by atoms with Crippen LogP contribution in [0.4, 0.5) is 0 Å². The van der Waals surface area contributed by atoms with Crippen molar-refractivity contribution >= 4 is 11.9 Å². The summed E-state index contributed by atoms with van der Waals surface area (Å²) in [5.74, 6) is -0.653. The van der Waals surface area contributed by atoms with Gasteiger partial charge in [-0.3, -0.25) is 4.79 Å². The van der Waals surface area contributed by atoms with Crippen LogP contribution in [0.5, 0.6) is 11.5 Å². The van der Waals surface area contributed by atoms with E-state index in [0.29, 0.717) is 31.1 Å². The van der Waals surface area contributed by atoms with Gasteiger partial charge in [0.05, 0.1) is 20.8 Å². The van der Waals surface area contributed by atoms with Gasteiger partial charge in [0.25, 0.3) is 0 Å². The predicted molar refractivity (Wildman–Crippen MR) is 95.5 cm³/mol. The van der Waals surface area contributed by atoms with Crippen molar-refractivity contribution < 1.29 is 28.9 Å². The van der Waals surface area contributed by atoms with Crippen molar-refractivity contribution in [1.82, 2.24) is 5.32 Å². The van der Waals surface area contributed by atoms with Gasteiger partial charge in [0.1, 0.15) is 6.04 Å². The zero-order valence-electron chi connectivity index (χ0n) is 15.5. The number of methoxy groups -OCH3 is 2. The minimum absolute atomic E-state index is 0.196. The van der Waals surface area contributed by atoms with Crippen LogP contribution in [0.3, 0.4) is 0 Å². The Kier molecular flexibility index (Phi) is 7.26. The van der Waals surface area contributed by atoms with Crippen LogP contribution in [0.2, 0.25) is 0 Å². The molecule has 7 nitrogen and oxygen atoms in total. The van der Waals surface area contributed by atoms with Crippen molar-refractivity contribution in [3.05, 3.63) is 23.8 Å². The highest BCUT2D eigenvalue weighted by Gasteiger charge is 2.32. The van der Waals surface area contributed by atoms with Gasteiger partial charge in [0.15, 0.2) is 11.5 Å². The minimum Gasteiger partial charge on any atom is -0.493 e. The number of aliphatic carboxylic acids is 1. The van der Waals surface area contributed by atoms with Gasteiger partial charge >= 0.3 is 5.97 Å². The van der Waals surface area contributed by atoms with Crippen LogP contribution in [0.25, 0.3) is 0 Å². The SMILES string of the molecule is COc1ccc(CC(C)C(=O)NC(C(=O)O)C2CCCOC2)cc1OC. The summed E-state index contributed by atoms with van der Waals surface area (Å²) < 4.78 is 15.8. The molecule has 0 saturated carbocycles. The summed E-state index contributed by atoms with van der Waals surface area (Å²) in [6.45, 7) is 2.79. The zero-order chi connectivity index (χ0) is 19.1. The largest absolute Gasteiger partial charge is 0.493 e. The molecule has 1 heterocycles. The maximum Gasteiger partial charge on any atom is 0.326 e. The highest BCUT2D eigenvalue weighted by Crippen LogP contribution is 2.28. The van der Waals surface area contributed by atoms with E-state index in [1.807, 2.05) is 12.1 Å². The summed E-state index contributed by atoms with van der Waals surface area (Å²) in [4.78, 5) is 24.1. The molecular formula is C19H27NO6. The Bertz CT molecular complexity index is 626. The fourth-order valence-electron chi connectivity index (χ4n) is 3.16. The second-order valence-electron chi connectivity index (χ2n) is 6.60. The molecule has 26 heavy (non-hydrogen) atoms. The molecule has 0 aliphatic carbocycles. The Morgan fingerprint density at radius 1 is 1.31 bits per heavy atom. The third-order valence-corrected chi connectivity index (χ3v) is 4.67. The normalized spacial score (nSPS) is 19.3. The van der Waals surface area contributed by atoms with Crippen LogP contribution in [-0.2, 0) is 20.7 Å². The van der Waals surface area contributed by atoms with E-state index in [4.69, 9.17) is 14.2 Å². The predicted octanol–water partition coefficient (Wildman–Crippen LogP) is 1.88. The van der Waals surface area contributed by atoms with Gasteiger partial charge < -0.3 is 24.6 Å². The van der Waals surface area contributed by atoms with Crippen molar-refractivity contribution in [3.63, 3.8) is 0 Å². The Hall–Kier alpha value is -2.28. The van der Waals surface area contributed by atoms with Crippen molar-refractivity contribution in [2.24, 2.45) is 11.8 Å². The second-order valence-corrected chi connectivity index (χ2v) is 6.60. The molecule has 3 atom stereocenters. The number of benzene rings is 1. The molecule has 1 aliphatic rings. The summed E-state index contributed by atoms with van der Waals surface area (Å²) in [5.41, 5.74) is 0.915. The summed E-state index contributed by atoms with van der Waals surface area (Å²) in [7, 11) is 3.12. The third-order valence-electron chi connectivity index (χ3n) is 4.67. The summed E-state index contributed by atoms with van der Waals surface area (Å²) >= 11 is 0. The second kappa shape index (κ2) is 9.43. The Balaban J connectivity index is 2.00. The molecule has 3 unspecified atom stereocenters. The van der Waals surface area contributed by atoms with E-state index in [1.54, 1.807) is 27.2 Å². The lowest BCUT2D eigenvalue weighted by molar-refractivity contribution is -0.145. The topological polar surface area (TPSA) is 94.1 Å². The molecule has 0 aromatic heterocycles. The number of carboxylic acid groups (broad SMARTS) is 1. The van der Waals surface area contributed by atoms with Gasteiger partial charge in [0, 0.05) is 18.4 Å². The molecule has 1 aromatic rings. The van der Waals surface area contributed by atoms with Gasteiger partial charge in [-0.15, -0.1) is 0 Å². The molecule has 1 saturated heterocycles. The van der Waals surface area contributed by atoms with Crippen molar-refractivity contribution in [2.45, 2.75) is 32.2 Å². The van der Waals surface area contributed by atoms with E-state index >= 15 is 0 Å². The lowest BCUT2D eigenvalue weighted by Crippen LogP contribution is -2.50. The maximum absolute atomic E-state index is 12.5. The molecule has 2 rings (SSSR count). The van der Waals surface area contributed by atoms with Crippen LogP contribution >= 0.6 is 0 Å². The van der Waals surface area contributed by atoms with Gasteiger partial charge in [-0.1, -0.05) is 13.0 Å². The number of carbonyl (C=O) groups excluding carboxylic acids is 1.